The lowest BCUT2D eigenvalue weighted by Crippen LogP contribution is -2.28. The Balaban J connectivity index is 1.58. The van der Waals surface area contributed by atoms with Crippen molar-refractivity contribution >= 4 is 23.4 Å². The molecule has 4 heterocycles. The molecular formula is C20H18N8O2. The van der Waals surface area contributed by atoms with Crippen LogP contribution in [-0.2, 0) is 6.42 Å². The highest BCUT2D eigenvalue weighted by Gasteiger charge is 2.24. The number of rotatable bonds is 3. The Kier molecular flexibility index (Phi) is 3.55. The summed E-state index contributed by atoms with van der Waals surface area (Å²) in [5.41, 5.74) is 3.21. The van der Waals surface area contributed by atoms with E-state index in [0.29, 0.717) is 22.4 Å². The summed E-state index contributed by atoms with van der Waals surface area (Å²) < 4.78 is 1.61. The van der Waals surface area contributed by atoms with E-state index in [1.807, 2.05) is 12.1 Å². The topological polar surface area (TPSA) is 128 Å². The molecule has 3 aromatic heterocycles. The predicted molar refractivity (Wildman–Crippen MR) is 108 cm³/mol. The van der Waals surface area contributed by atoms with Gasteiger partial charge in [0.15, 0.2) is 5.65 Å². The molecule has 0 spiro atoms. The number of aromatic hydroxyl groups is 1. The van der Waals surface area contributed by atoms with Crippen molar-refractivity contribution in [2.24, 2.45) is 4.99 Å². The zero-order valence-electron chi connectivity index (χ0n) is 15.9. The molecule has 1 aromatic carbocycles. The van der Waals surface area contributed by atoms with Crippen LogP contribution in [0.1, 0.15) is 24.1 Å². The molecule has 0 saturated heterocycles. The van der Waals surface area contributed by atoms with Gasteiger partial charge in [-0.25, -0.2) is 9.79 Å². The quantitative estimate of drug-likeness (QED) is 0.448. The van der Waals surface area contributed by atoms with Crippen LogP contribution in [0.3, 0.4) is 0 Å². The van der Waals surface area contributed by atoms with Crippen molar-refractivity contribution in [3.05, 3.63) is 63.0 Å². The highest BCUT2D eigenvalue weighted by Crippen LogP contribution is 2.31. The number of nitrogens with zero attached hydrogens (tertiary/aromatic N) is 6. The molecule has 1 aliphatic heterocycles. The summed E-state index contributed by atoms with van der Waals surface area (Å²) in [6, 6.07) is 8.50. The van der Waals surface area contributed by atoms with E-state index in [1.165, 1.54) is 5.56 Å². The Morgan fingerprint density at radius 2 is 2.07 bits per heavy atom. The molecule has 1 fully saturated rings. The van der Waals surface area contributed by atoms with Crippen LogP contribution in [0.5, 0.6) is 5.88 Å². The van der Waals surface area contributed by atoms with E-state index < -0.39 is 5.69 Å². The number of H-pyrrole nitrogens is 2. The minimum absolute atomic E-state index is 0.231. The summed E-state index contributed by atoms with van der Waals surface area (Å²) in [6.07, 6.45) is 6.28. The molecule has 3 N–H and O–H groups in total. The SMILES string of the molecule is O=c1[nH]c(O)c(/C=c2\cnn3c(=NC4CC4)nc(N4CCc5ccccc54)nc23)[nH]1. The molecule has 0 amide bonds. The first-order valence-corrected chi connectivity index (χ1v) is 9.84. The van der Waals surface area contributed by atoms with Crippen LogP contribution in [-0.4, -0.2) is 47.2 Å². The van der Waals surface area contributed by atoms with Crippen LogP contribution >= 0.6 is 0 Å². The van der Waals surface area contributed by atoms with Gasteiger partial charge in [0.1, 0.15) is 5.69 Å². The lowest BCUT2D eigenvalue weighted by Gasteiger charge is -2.16. The van der Waals surface area contributed by atoms with Gasteiger partial charge in [0.2, 0.25) is 11.8 Å². The number of aromatic amines is 2. The number of para-hydroxylation sites is 1. The second kappa shape index (κ2) is 6.28. The van der Waals surface area contributed by atoms with Gasteiger partial charge in [0, 0.05) is 17.5 Å². The highest BCUT2D eigenvalue weighted by molar-refractivity contribution is 5.66. The van der Waals surface area contributed by atoms with Crippen LogP contribution in [0, 0.1) is 0 Å². The van der Waals surface area contributed by atoms with Crippen molar-refractivity contribution in [2.45, 2.75) is 25.3 Å². The monoisotopic (exact) mass is 402 g/mol. The number of fused-ring (bicyclic) bond motifs is 2. The third-order valence-corrected chi connectivity index (χ3v) is 5.38. The van der Waals surface area contributed by atoms with E-state index >= 15 is 0 Å². The zero-order chi connectivity index (χ0) is 20.2. The summed E-state index contributed by atoms with van der Waals surface area (Å²) in [7, 11) is 0. The van der Waals surface area contributed by atoms with Crippen molar-refractivity contribution in [2.75, 3.05) is 11.4 Å². The molecular weight excluding hydrogens is 384 g/mol. The normalized spacial score (nSPS) is 17.3. The maximum Gasteiger partial charge on any atom is 0.326 e. The van der Waals surface area contributed by atoms with Crippen molar-refractivity contribution < 1.29 is 5.11 Å². The number of aromatic nitrogens is 6. The first kappa shape index (κ1) is 17.0. The van der Waals surface area contributed by atoms with Gasteiger partial charge in [-0.05, 0) is 37.0 Å². The maximum absolute atomic E-state index is 11.5. The molecule has 0 unspecified atom stereocenters. The number of anilines is 2. The minimum atomic E-state index is -0.483. The Morgan fingerprint density at radius 3 is 2.87 bits per heavy atom. The average molecular weight is 402 g/mol. The molecule has 10 heteroatoms. The molecule has 30 heavy (non-hydrogen) atoms. The van der Waals surface area contributed by atoms with E-state index in [0.717, 1.165) is 31.5 Å². The third-order valence-electron chi connectivity index (χ3n) is 5.38. The molecule has 0 bridgehead atoms. The molecule has 150 valence electrons. The van der Waals surface area contributed by atoms with Gasteiger partial charge >= 0.3 is 5.69 Å². The Morgan fingerprint density at radius 1 is 1.20 bits per heavy atom. The molecule has 6 rings (SSSR count). The summed E-state index contributed by atoms with van der Waals surface area (Å²) in [6.45, 7) is 0.789. The van der Waals surface area contributed by atoms with Crippen molar-refractivity contribution in [1.29, 1.82) is 0 Å². The Bertz CT molecular complexity index is 1460. The van der Waals surface area contributed by atoms with Gasteiger partial charge in [0.05, 0.1) is 12.2 Å². The summed E-state index contributed by atoms with van der Waals surface area (Å²) in [4.78, 5) is 32.7. The van der Waals surface area contributed by atoms with Crippen molar-refractivity contribution in [3.63, 3.8) is 0 Å². The third kappa shape index (κ3) is 2.76. The van der Waals surface area contributed by atoms with Gasteiger partial charge in [-0.3, -0.25) is 4.98 Å². The molecule has 10 nitrogen and oxygen atoms in total. The number of imidazole rings is 1. The fraction of sp³-hybridized carbons (Fsp3) is 0.250. The van der Waals surface area contributed by atoms with Crippen LogP contribution in [0.4, 0.5) is 11.6 Å². The zero-order valence-corrected chi connectivity index (χ0v) is 15.9. The van der Waals surface area contributed by atoms with Crippen LogP contribution in [0.15, 0.2) is 40.2 Å². The molecule has 1 aliphatic carbocycles. The number of hydrogen-bond acceptors (Lipinski definition) is 7. The second-order valence-corrected chi connectivity index (χ2v) is 7.54. The number of nitrogens with one attached hydrogen (secondary N) is 2. The summed E-state index contributed by atoms with van der Waals surface area (Å²) >= 11 is 0. The van der Waals surface area contributed by atoms with E-state index in [1.54, 1.807) is 16.8 Å². The molecule has 0 radical (unpaired) electrons. The maximum atomic E-state index is 11.5. The van der Waals surface area contributed by atoms with Crippen LogP contribution < -0.4 is 21.4 Å². The lowest BCUT2D eigenvalue weighted by molar-refractivity contribution is 0.454. The Labute approximate surface area is 169 Å². The number of hydrogen-bond donors (Lipinski definition) is 3. The lowest BCUT2D eigenvalue weighted by atomic mass is 10.2. The van der Waals surface area contributed by atoms with E-state index in [4.69, 9.17) is 15.0 Å². The minimum Gasteiger partial charge on any atom is -0.493 e. The van der Waals surface area contributed by atoms with Crippen molar-refractivity contribution in [1.82, 2.24) is 29.5 Å². The summed E-state index contributed by atoms with van der Waals surface area (Å²) in [5.74, 6) is 0.332. The smallest absolute Gasteiger partial charge is 0.326 e. The molecule has 4 aromatic rings. The largest absolute Gasteiger partial charge is 0.493 e. The fourth-order valence-electron chi connectivity index (χ4n) is 3.74. The highest BCUT2D eigenvalue weighted by atomic mass is 16.3. The van der Waals surface area contributed by atoms with Gasteiger partial charge in [-0.15, -0.1) is 0 Å². The first-order chi connectivity index (χ1) is 14.7. The summed E-state index contributed by atoms with van der Waals surface area (Å²) in [5, 5.41) is 15.0. The molecule has 2 aliphatic rings. The van der Waals surface area contributed by atoms with E-state index in [2.05, 4.69) is 32.1 Å². The standard InChI is InChI=1S/C20H18N8O2/c29-17-14(23-20(30)25-17)9-12-10-21-28-16(12)24-18(26-19(28)22-13-5-6-13)27-8-7-11-3-1-2-4-15(11)27/h1-4,9-10,13,29H,5-8H2,(H2,23,25,30)/b12-9+,22-19?. The average Bonchev–Trinajstić information content (AvgIpc) is 3.16. The van der Waals surface area contributed by atoms with Gasteiger partial charge < -0.3 is 15.0 Å². The Hall–Kier alpha value is -3.95. The van der Waals surface area contributed by atoms with Gasteiger partial charge in [-0.2, -0.15) is 19.6 Å². The van der Waals surface area contributed by atoms with Gasteiger partial charge in [0.25, 0.3) is 5.62 Å². The fourth-order valence-corrected chi connectivity index (χ4v) is 3.74. The van der Waals surface area contributed by atoms with Gasteiger partial charge in [-0.1, -0.05) is 18.2 Å². The van der Waals surface area contributed by atoms with Crippen molar-refractivity contribution in [3.8, 4) is 5.88 Å². The van der Waals surface area contributed by atoms with E-state index in [-0.39, 0.29) is 17.6 Å². The van der Waals surface area contributed by atoms with Crippen LogP contribution in [0.2, 0.25) is 0 Å². The second-order valence-electron chi connectivity index (χ2n) is 7.54. The number of benzene rings is 1. The van der Waals surface area contributed by atoms with E-state index in [9.17, 15) is 9.90 Å². The predicted octanol–water partition coefficient (Wildman–Crippen LogP) is 0.151. The van der Waals surface area contributed by atoms with Crippen LogP contribution in [0.25, 0.3) is 11.7 Å². The molecule has 0 atom stereocenters. The first-order valence-electron chi connectivity index (χ1n) is 9.84. The molecule has 1 saturated carbocycles.